The van der Waals surface area contributed by atoms with Gasteiger partial charge in [0.25, 0.3) is 0 Å². The van der Waals surface area contributed by atoms with Crippen molar-refractivity contribution in [2.45, 2.75) is 6.61 Å². The minimum Gasteiger partial charge on any atom is -0.487 e. The first-order chi connectivity index (χ1) is 7.24. The molecule has 0 unspecified atom stereocenters. The van der Waals surface area contributed by atoms with Crippen LogP contribution in [0.5, 0.6) is 5.75 Å². The number of nitrogens with zero attached hydrogens (tertiary/aromatic N) is 2. The zero-order valence-corrected chi connectivity index (χ0v) is 9.94. The van der Waals surface area contributed by atoms with E-state index in [1.165, 1.54) is 0 Å². The second kappa shape index (κ2) is 4.49. The highest BCUT2D eigenvalue weighted by Gasteiger charge is 1.98. The second-order valence-corrected chi connectivity index (χ2v) is 4.19. The third-order valence-corrected chi connectivity index (χ3v) is 2.49. The quantitative estimate of drug-likeness (QED) is 0.855. The summed E-state index contributed by atoms with van der Waals surface area (Å²) in [5.74, 6) is 0.851. The van der Waals surface area contributed by atoms with Crippen molar-refractivity contribution in [3.05, 3.63) is 47.0 Å². The van der Waals surface area contributed by atoms with Crippen LogP contribution in [0, 0.1) is 0 Å². The summed E-state index contributed by atoms with van der Waals surface area (Å²) < 4.78 is 8.52. The minimum absolute atomic E-state index is 0.502. The van der Waals surface area contributed by atoms with E-state index in [2.05, 4.69) is 20.9 Å². The Morgan fingerprint density at radius 1 is 1.33 bits per heavy atom. The summed E-state index contributed by atoms with van der Waals surface area (Å²) in [6, 6.07) is 7.75. The first-order valence-corrected chi connectivity index (χ1v) is 5.38. The molecule has 0 fully saturated rings. The fourth-order valence-corrected chi connectivity index (χ4v) is 1.49. The Hall–Kier alpha value is -1.29. The van der Waals surface area contributed by atoms with Crippen LogP contribution in [0.1, 0.15) is 5.69 Å². The number of imidazole rings is 1. The van der Waals surface area contributed by atoms with E-state index in [9.17, 15) is 0 Å². The summed E-state index contributed by atoms with van der Waals surface area (Å²) in [5, 5.41) is 0. The van der Waals surface area contributed by atoms with Crippen molar-refractivity contribution in [2.75, 3.05) is 0 Å². The highest BCUT2D eigenvalue weighted by molar-refractivity contribution is 9.10. The summed E-state index contributed by atoms with van der Waals surface area (Å²) >= 11 is 3.37. The van der Waals surface area contributed by atoms with E-state index in [1.54, 1.807) is 6.33 Å². The number of aryl methyl sites for hydroxylation is 1. The molecule has 0 aliphatic carbocycles. The van der Waals surface area contributed by atoms with Gasteiger partial charge in [-0.3, -0.25) is 0 Å². The van der Waals surface area contributed by atoms with Gasteiger partial charge in [-0.1, -0.05) is 15.9 Å². The number of hydrogen-bond acceptors (Lipinski definition) is 2. The Labute approximate surface area is 96.8 Å². The maximum atomic E-state index is 5.56. The first-order valence-electron chi connectivity index (χ1n) is 4.59. The van der Waals surface area contributed by atoms with Gasteiger partial charge < -0.3 is 9.30 Å². The third-order valence-electron chi connectivity index (χ3n) is 1.96. The normalized spacial score (nSPS) is 10.3. The van der Waals surface area contributed by atoms with Gasteiger partial charge in [-0.15, -0.1) is 0 Å². The van der Waals surface area contributed by atoms with Gasteiger partial charge in [-0.05, 0) is 24.3 Å². The average Bonchev–Trinajstić information content (AvgIpc) is 2.64. The standard InChI is InChI=1S/C11H11BrN2O/c1-14-6-10(13-8-14)7-15-11-4-2-9(12)3-5-11/h2-6,8H,7H2,1H3. The molecule has 2 aromatic rings. The fraction of sp³-hybridized carbons (Fsp3) is 0.182. The van der Waals surface area contributed by atoms with Crippen molar-refractivity contribution in [3.63, 3.8) is 0 Å². The van der Waals surface area contributed by atoms with Crippen LogP contribution in [0.4, 0.5) is 0 Å². The Balaban J connectivity index is 1.96. The van der Waals surface area contributed by atoms with E-state index in [-0.39, 0.29) is 0 Å². The molecule has 1 aromatic heterocycles. The molecule has 4 heteroatoms. The number of aromatic nitrogens is 2. The summed E-state index contributed by atoms with van der Waals surface area (Å²) in [4.78, 5) is 4.18. The van der Waals surface area contributed by atoms with Crippen LogP contribution in [0.15, 0.2) is 41.3 Å². The summed E-state index contributed by atoms with van der Waals surface area (Å²) in [6.45, 7) is 0.502. The maximum absolute atomic E-state index is 5.56. The lowest BCUT2D eigenvalue weighted by atomic mass is 10.3. The molecular weight excluding hydrogens is 256 g/mol. The van der Waals surface area contributed by atoms with Crippen molar-refractivity contribution >= 4 is 15.9 Å². The molecule has 3 nitrogen and oxygen atoms in total. The molecule has 15 heavy (non-hydrogen) atoms. The molecular formula is C11H11BrN2O. The van der Waals surface area contributed by atoms with E-state index < -0.39 is 0 Å². The molecule has 0 aliphatic heterocycles. The molecule has 0 radical (unpaired) electrons. The van der Waals surface area contributed by atoms with Crippen LogP contribution in [-0.2, 0) is 13.7 Å². The summed E-state index contributed by atoms with van der Waals surface area (Å²) in [6.07, 6.45) is 3.71. The van der Waals surface area contributed by atoms with Gasteiger partial charge in [0, 0.05) is 17.7 Å². The lowest BCUT2D eigenvalue weighted by Gasteiger charge is -2.03. The Morgan fingerprint density at radius 2 is 2.07 bits per heavy atom. The highest BCUT2D eigenvalue weighted by atomic mass is 79.9. The monoisotopic (exact) mass is 266 g/mol. The molecule has 0 aliphatic rings. The van der Waals surface area contributed by atoms with Gasteiger partial charge in [0.1, 0.15) is 12.4 Å². The van der Waals surface area contributed by atoms with E-state index >= 15 is 0 Å². The second-order valence-electron chi connectivity index (χ2n) is 3.27. The molecule has 0 amide bonds. The minimum atomic E-state index is 0.502. The van der Waals surface area contributed by atoms with Gasteiger partial charge in [0.2, 0.25) is 0 Å². The molecule has 0 bridgehead atoms. The van der Waals surface area contributed by atoms with E-state index in [0.29, 0.717) is 6.61 Å². The predicted octanol–water partition coefficient (Wildman–Crippen LogP) is 2.76. The SMILES string of the molecule is Cn1cnc(COc2ccc(Br)cc2)c1. The molecule has 0 N–H and O–H groups in total. The van der Waals surface area contributed by atoms with Gasteiger partial charge in [-0.25, -0.2) is 4.98 Å². The van der Waals surface area contributed by atoms with Crippen molar-refractivity contribution in [1.82, 2.24) is 9.55 Å². The average molecular weight is 267 g/mol. The first kappa shape index (κ1) is 10.2. The molecule has 0 saturated carbocycles. The van der Waals surface area contributed by atoms with Crippen molar-refractivity contribution in [2.24, 2.45) is 7.05 Å². The molecule has 0 saturated heterocycles. The third kappa shape index (κ3) is 2.83. The van der Waals surface area contributed by atoms with Crippen molar-refractivity contribution in [3.8, 4) is 5.75 Å². The summed E-state index contributed by atoms with van der Waals surface area (Å²) in [5.41, 5.74) is 0.931. The van der Waals surface area contributed by atoms with Crippen LogP contribution in [0.25, 0.3) is 0 Å². The van der Waals surface area contributed by atoms with Gasteiger partial charge in [0.05, 0.1) is 12.0 Å². The lowest BCUT2D eigenvalue weighted by molar-refractivity contribution is 0.302. The molecule has 0 atom stereocenters. The molecule has 0 spiro atoms. The highest BCUT2D eigenvalue weighted by Crippen LogP contribution is 2.16. The van der Waals surface area contributed by atoms with Crippen LogP contribution in [0.2, 0.25) is 0 Å². The van der Waals surface area contributed by atoms with Crippen molar-refractivity contribution < 1.29 is 4.74 Å². The number of ether oxygens (including phenoxy) is 1. The van der Waals surface area contributed by atoms with E-state index in [0.717, 1.165) is 15.9 Å². The number of halogens is 1. The van der Waals surface area contributed by atoms with Crippen LogP contribution < -0.4 is 4.74 Å². The number of hydrogen-bond donors (Lipinski definition) is 0. The lowest BCUT2D eigenvalue weighted by Crippen LogP contribution is -1.95. The molecule has 78 valence electrons. The zero-order chi connectivity index (χ0) is 10.7. The van der Waals surface area contributed by atoms with Crippen LogP contribution >= 0.6 is 15.9 Å². The van der Waals surface area contributed by atoms with Crippen LogP contribution in [0.3, 0.4) is 0 Å². The van der Waals surface area contributed by atoms with Crippen LogP contribution in [-0.4, -0.2) is 9.55 Å². The van der Waals surface area contributed by atoms with E-state index in [4.69, 9.17) is 4.74 Å². The molecule has 2 rings (SSSR count). The molecule has 1 heterocycles. The predicted molar refractivity (Wildman–Crippen MR) is 61.7 cm³/mol. The Bertz CT molecular complexity index is 436. The zero-order valence-electron chi connectivity index (χ0n) is 8.35. The largest absolute Gasteiger partial charge is 0.487 e. The van der Waals surface area contributed by atoms with Crippen molar-refractivity contribution in [1.29, 1.82) is 0 Å². The summed E-state index contributed by atoms with van der Waals surface area (Å²) in [7, 11) is 1.94. The van der Waals surface area contributed by atoms with Gasteiger partial charge in [0.15, 0.2) is 0 Å². The number of benzene rings is 1. The van der Waals surface area contributed by atoms with Gasteiger partial charge >= 0.3 is 0 Å². The Morgan fingerprint density at radius 3 is 2.67 bits per heavy atom. The smallest absolute Gasteiger partial charge is 0.132 e. The van der Waals surface area contributed by atoms with Gasteiger partial charge in [-0.2, -0.15) is 0 Å². The number of rotatable bonds is 3. The molecule has 1 aromatic carbocycles. The maximum Gasteiger partial charge on any atom is 0.132 e. The topological polar surface area (TPSA) is 27.1 Å². The fourth-order valence-electron chi connectivity index (χ4n) is 1.23. The Kier molecular flexibility index (Phi) is 3.06. The van der Waals surface area contributed by atoms with E-state index in [1.807, 2.05) is 42.1 Å².